The van der Waals surface area contributed by atoms with Gasteiger partial charge in [-0.05, 0) is 63.6 Å². The number of carbonyl (C=O) groups is 1. The molecule has 0 bridgehead atoms. The highest BCUT2D eigenvalue weighted by Crippen LogP contribution is 2.24. The van der Waals surface area contributed by atoms with Crippen molar-refractivity contribution >= 4 is 50.1 Å². The molecule has 1 atom stereocenters. The molecule has 0 saturated heterocycles. The highest BCUT2D eigenvalue weighted by molar-refractivity contribution is 14.1. The molecule has 14 heavy (non-hydrogen) atoms. The molecule has 1 aromatic carbocycles. The van der Waals surface area contributed by atoms with Gasteiger partial charge in [-0.3, -0.25) is 4.79 Å². The number of halogens is 2. The largest absolute Gasteiger partial charge is 0.373 e. The fourth-order valence-electron chi connectivity index (χ4n) is 0.911. The van der Waals surface area contributed by atoms with Gasteiger partial charge < -0.3 is 11.1 Å². The van der Waals surface area contributed by atoms with Crippen molar-refractivity contribution in [3.63, 3.8) is 0 Å². The third-order valence-electron chi connectivity index (χ3n) is 1.73. The summed E-state index contributed by atoms with van der Waals surface area (Å²) in [5.41, 5.74) is 6.02. The summed E-state index contributed by atoms with van der Waals surface area (Å²) < 4.78 is 2.06. The minimum atomic E-state index is -0.369. The molecule has 0 aliphatic carbocycles. The SMILES string of the molecule is CC(Nc1ccc(I)cc1Br)C(N)=O. The average Bonchev–Trinajstić information content (AvgIpc) is 2.09. The van der Waals surface area contributed by atoms with Crippen LogP contribution in [0.1, 0.15) is 6.92 Å². The second-order valence-corrected chi connectivity index (χ2v) is 4.99. The average molecular weight is 369 g/mol. The first kappa shape index (κ1) is 11.8. The minimum absolute atomic E-state index is 0.365. The Morgan fingerprint density at radius 1 is 1.64 bits per heavy atom. The summed E-state index contributed by atoms with van der Waals surface area (Å²) in [5.74, 6) is -0.365. The van der Waals surface area contributed by atoms with Crippen LogP contribution in [0.2, 0.25) is 0 Å². The molecule has 76 valence electrons. The fraction of sp³-hybridized carbons (Fsp3) is 0.222. The Hall–Kier alpha value is -0.300. The summed E-state index contributed by atoms with van der Waals surface area (Å²) in [6, 6.07) is 5.47. The van der Waals surface area contributed by atoms with Gasteiger partial charge in [0.05, 0.1) is 0 Å². The van der Waals surface area contributed by atoms with E-state index in [1.807, 2.05) is 18.2 Å². The quantitative estimate of drug-likeness (QED) is 0.804. The van der Waals surface area contributed by atoms with Gasteiger partial charge in [-0.25, -0.2) is 0 Å². The van der Waals surface area contributed by atoms with Crippen LogP contribution >= 0.6 is 38.5 Å². The molecular weight excluding hydrogens is 359 g/mol. The highest BCUT2D eigenvalue weighted by Gasteiger charge is 2.09. The van der Waals surface area contributed by atoms with E-state index >= 15 is 0 Å². The number of carbonyl (C=O) groups excluding carboxylic acids is 1. The van der Waals surface area contributed by atoms with Gasteiger partial charge in [0.15, 0.2) is 0 Å². The summed E-state index contributed by atoms with van der Waals surface area (Å²) in [6.07, 6.45) is 0. The van der Waals surface area contributed by atoms with Crippen molar-refractivity contribution in [1.29, 1.82) is 0 Å². The molecule has 0 fully saturated rings. The minimum Gasteiger partial charge on any atom is -0.373 e. The smallest absolute Gasteiger partial charge is 0.239 e. The van der Waals surface area contributed by atoms with E-state index in [1.165, 1.54) is 0 Å². The van der Waals surface area contributed by atoms with Gasteiger partial charge in [0.2, 0.25) is 5.91 Å². The van der Waals surface area contributed by atoms with Gasteiger partial charge in [-0.15, -0.1) is 0 Å². The molecule has 0 saturated carbocycles. The summed E-state index contributed by atoms with van der Waals surface area (Å²) in [4.78, 5) is 10.8. The van der Waals surface area contributed by atoms with Gasteiger partial charge in [-0.1, -0.05) is 0 Å². The summed E-state index contributed by atoms with van der Waals surface area (Å²) >= 11 is 5.63. The van der Waals surface area contributed by atoms with Crippen molar-refractivity contribution in [2.75, 3.05) is 5.32 Å². The number of hydrogen-bond donors (Lipinski definition) is 2. The van der Waals surface area contributed by atoms with Crippen LogP contribution in [-0.4, -0.2) is 11.9 Å². The van der Waals surface area contributed by atoms with Crippen molar-refractivity contribution in [3.8, 4) is 0 Å². The van der Waals surface area contributed by atoms with Gasteiger partial charge in [-0.2, -0.15) is 0 Å². The van der Waals surface area contributed by atoms with Crippen LogP contribution in [0.4, 0.5) is 5.69 Å². The zero-order valence-corrected chi connectivity index (χ0v) is 11.3. The van der Waals surface area contributed by atoms with Crippen LogP contribution in [0.3, 0.4) is 0 Å². The highest BCUT2D eigenvalue weighted by atomic mass is 127. The molecule has 0 heterocycles. The molecule has 0 radical (unpaired) electrons. The standard InChI is InChI=1S/C9H10BrIN2O/c1-5(9(12)14)13-8-3-2-6(11)4-7(8)10/h2-5,13H,1H3,(H2,12,14). The molecule has 3 N–H and O–H groups in total. The van der Waals surface area contributed by atoms with Crippen molar-refractivity contribution in [2.45, 2.75) is 13.0 Å². The van der Waals surface area contributed by atoms with Crippen molar-refractivity contribution in [2.24, 2.45) is 5.73 Å². The molecular formula is C9H10BrIN2O. The Bertz CT molecular complexity index is 357. The maximum atomic E-state index is 10.8. The molecule has 0 aromatic heterocycles. The van der Waals surface area contributed by atoms with E-state index in [1.54, 1.807) is 6.92 Å². The molecule has 3 nitrogen and oxygen atoms in total. The Balaban J connectivity index is 2.82. The van der Waals surface area contributed by atoms with E-state index in [4.69, 9.17) is 5.73 Å². The molecule has 1 amide bonds. The molecule has 5 heteroatoms. The Kier molecular flexibility index (Phi) is 4.18. The number of primary amides is 1. The van der Waals surface area contributed by atoms with E-state index in [9.17, 15) is 4.79 Å². The summed E-state index contributed by atoms with van der Waals surface area (Å²) in [7, 11) is 0. The number of nitrogens with one attached hydrogen (secondary N) is 1. The molecule has 0 aliphatic rings. The van der Waals surface area contributed by atoms with E-state index in [0.717, 1.165) is 13.7 Å². The lowest BCUT2D eigenvalue weighted by Gasteiger charge is -2.13. The summed E-state index contributed by atoms with van der Waals surface area (Å²) in [6.45, 7) is 1.73. The van der Waals surface area contributed by atoms with Crippen molar-refractivity contribution in [3.05, 3.63) is 26.2 Å². The molecule has 0 aliphatic heterocycles. The van der Waals surface area contributed by atoms with Crippen LogP contribution in [0, 0.1) is 3.57 Å². The first-order valence-corrected chi connectivity index (χ1v) is 5.89. The Morgan fingerprint density at radius 2 is 2.29 bits per heavy atom. The Morgan fingerprint density at radius 3 is 2.79 bits per heavy atom. The van der Waals surface area contributed by atoms with E-state index in [2.05, 4.69) is 43.8 Å². The first-order valence-electron chi connectivity index (χ1n) is 4.01. The van der Waals surface area contributed by atoms with E-state index in [-0.39, 0.29) is 11.9 Å². The van der Waals surface area contributed by atoms with Crippen LogP contribution in [0.15, 0.2) is 22.7 Å². The zero-order valence-electron chi connectivity index (χ0n) is 7.55. The van der Waals surface area contributed by atoms with Crippen LogP contribution in [0.5, 0.6) is 0 Å². The van der Waals surface area contributed by atoms with Gasteiger partial charge >= 0.3 is 0 Å². The Labute approximate surface area is 105 Å². The third kappa shape index (κ3) is 3.13. The van der Waals surface area contributed by atoms with Crippen molar-refractivity contribution < 1.29 is 4.79 Å². The third-order valence-corrected chi connectivity index (χ3v) is 3.06. The molecule has 1 unspecified atom stereocenters. The zero-order chi connectivity index (χ0) is 10.7. The van der Waals surface area contributed by atoms with Crippen molar-refractivity contribution in [1.82, 2.24) is 0 Å². The number of rotatable bonds is 3. The first-order chi connectivity index (χ1) is 6.50. The van der Waals surface area contributed by atoms with Crippen LogP contribution in [0.25, 0.3) is 0 Å². The number of benzene rings is 1. The second kappa shape index (κ2) is 4.97. The van der Waals surface area contributed by atoms with Gasteiger partial charge in [0, 0.05) is 13.7 Å². The topological polar surface area (TPSA) is 55.1 Å². The lowest BCUT2D eigenvalue weighted by Crippen LogP contribution is -2.32. The van der Waals surface area contributed by atoms with Crippen LogP contribution in [-0.2, 0) is 4.79 Å². The second-order valence-electron chi connectivity index (χ2n) is 2.89. The maximum absolute atomic E-state index is 10.8. The van der Waals surface area contributed by atoms with Gasteiger partial charge in [0.25, 0.3) is 0 Å². The molecule has 1 rings (SSSR count). The van der Waals surface area contributed by atoms with Crippen LogP contribution < -0.4 is 11.1 Å². The van der Waals surface area contributed by atoms with E-state index in [0.29, 0.717) is 0 Å². The fourth-order valence-corrected chi connectivity index (χ4v) is 2.32. The number of anilines is 1. The molecule has 1 aromatic rings. The normalized spacial score (nSPS) is 12.2. The lowest BCUT2D eigenvalue weighted by molar-refractivity contribution is -0.118. The molecule has 0 spiro atoms. The predicted molar refractivity (Wildman–Crippen MR) is 69.1 cm³/mol. The number of amides is 1. The number of nitrogens with two attached hydrogens (primary N) is 1. The van der Waals surface area contributed by atoms with E-state index < -0.39 is 0 Å². The monoisotopic (exact) mass is 368 g/mol. The maximum Gasteiger partial charge on any atom is 0.239 e. The van der Waals surface area contributed by atoms with Gasteiger partial charge in [0.1, 0.15) is 6.04 Å². The predicted octanol–water partition coefficient (Wildman–Crippen LogP) is 2.34. The summed E-state index contributed by atoms with van der Waals surface area (Å²) in [5, 5.41) is 3.01. The lowest BCUT2D eigenvalue weighted by atomic mass is 10.2. The number of hydrogen-bond acceptors (Lipinski definition) is 2.